The summed E-state index contributed by atoms with van der Waals surface area (Å²) < 4.78 is 6.05. The van der Waals surface area contributed by atoms with Crippen molar-refractivity contribution in [2.24, 2.45) is 0 Å². The molecule has 2 N–H and O–H groups in total. The number of halogens is 2. The van der Waals surface area contributed by atoms with E-state index >= 15 is 0 Å². The summed E-state index contributed by atoms with van der Waals surface area (Å²) in [7, 11) is 0. The predicted octanol–water partition coefficient (Wildman–Crippen LogP) is 2.07. The van der Waals surface area contributed by atoms with Crippen LogP contribution in [0, 0.1) is 0 Å². The molecule has 98 valence electrons. The lowest BCUT2D eigenvalue weighted by Crippen LogP contribution is -2.30. The van der Waals surface area contributed by atoms with E-state index in [2.05, 4.69) is 21.2 Å². The molecular formula is C11H11BrClNO4. The molecule has 0 spiro atoms. The summed E-state index contributed by atoms with van der Waals surface area (Å²) in [6.07, 6.45) is 0.0857. The van der Waals surface area contributed by atoms with E-state index in [0.717, 1.165) is 0 Å². The molecule has 0 atom stereocenters. The molecule has 0 saturated carbocycles. The summed E-state index contributed by atoms with van der Waals surface area (Å²) in [5.41, 5.74) is 0. The van der Waals surface area contributed by atoms with Gasteiger partial charge in [-0.1, -0.05) is 11.6 Å². The van der Waals surface area contributed by atoms with Gasteiger partial charge in [-0.05, 0) is 34.1 Å². The van der Waals surface area contributed by atoms with E-state index in [-0.39, 0.29) is 25.5 Å². The van der Waals surface area contributed by atoms with Gasteiger partial charge in [0.1, 0.15) is 12.3 Å². The third kappa shape index (κ3) is 5.37. The Balaban J connectivity index is 2.33. The molecule has 1 rings (SSSR count). The Morgan fingerprint density at radius 1 is 1.44 bits per heavy atom. The van der Waals surface area contributed by atoms with Gasteiger partial charge in [0.2, 0.25) is 5.91 Å². The van der Waals surface area contributed by atoms with E-state index in [1.165, 1.54) is 0 Å². The van der Waals surface area contributed by atoms with Crippen molar-refractivity contribution in [1.82, 2.24) is 5.32 Å². The zero-order chi connectivity index (χ0) is 13.5. The van der Waals surface area contributed by atoms with Crippen molar-refractivity contribution in [2.45, 2.75) is 6.42 Å². The lowest BCUT2D eigenvalue weighted by molar-refractivity contribution is -0.138. The van der Waals surface area contributed by atoms with E-state index in [1.807, 2.05) is 0 Å². The molecule has 18 heavy (non-hydrogen) atoms. The molecule has 5 nitrogen and oxygen atoms in total. The fourth-order valence-corrected chi connectivity index (χ4v) is 1.91. The summed E-state index contributed by atoms with van der Waals surface area (Å²) in [5, 5.41) is 11.2. The Morgan fingerprint density at radius 2 is 2.17 bits per heavy atom. The number of carbonyl (C=O) groups excluding carboxylic acids is 1. The maximum atomic E-state index is 11.2. The molecule has 0 radical (unpaired) electrons. The fraction of sp³-hybridized carbons (Fsp3) is 0.273. The normalized spacial score (nSPS) is 9.89. The van der Waals surface area contributed by atoms with Gasteiger partial charge < -0.3 is 15.2 Å². The first kappa shape index (κ1) is 14.8. The monoisotopic (exact) mass is 335 g/mol. The number of carboxylic acids is 1. The average Bonchev–Trinajstić information content (AvgIpc) is 2.29. The van der Waals surface area contributed by atoms with Gasteiger partial charge in [-0.25, -0.2) is 0 Å². The predicted molar refractivity (Wildman–Crippen MR) is 69.9 cm³/mol. The van der Waals surface area contributed by atoms with Crippen LogP contribution in [-0.2, 0) is 9.59 Å². The summed E-state index contributed by atoms with van der Waals surface area (Å²) in [5.74, 6) is -0.877. The second-order valence-corrected chi connectivity index (χ2v) is 4.63. The molecule has 0 heterocycles. The maximum Gasteiger partial charge on any atom is 0.322 e. The number of rotatable bonds is 6. The number of amides is 1. The van der Waals surface area contributed by atoms with Crippen molar-refractivity contribution in [3.8, 4) is 5.75 Å². The molecule has 1 amide bonds. The van der Waals surface area contributed by atoms with Gasteiger partial charge in [-0.15, -0.1) is 0 Å². The highest BCUT2D eigenvalue weighted by Gasteiger charge is 2.06. The second-order valence-electron chi connectivity index (χ2n) is 3.34. The van der Waals surface area contributed by atoms with Gasteiger partial charge in [-0.2, -0.15) is 0 Å². The minimum atomic E-state index is -1.08. The van der Waals surface area contributed by atoms with Crippen LogP contribution in [0.2, 0.25) is 5.02 Å². The third-order valence-electron chi connectivity index (χ3n) is 1.92. The molecule has 1 aromatic carbocycles. The lowest BCUT2D eigenvalue weighted by atomic mass is 10.3. The summed E-state index contributed by atoms with van der Waals surface area (Å²) in [6.45, 7) is -0.227. The quantitative estimate of drug-likeness (QED) is 0.834. The summed E-state index contributed by atoms with van der Waals surface area (Å²) >= 11 is 9.04. The molecule has 0 unspecified atom stereocenters. The Labute approximate surface area is 117 Å². The van der Waals surface area contributed by atoms with Gasteiger partial charge in [0.15, 0.2) is 0 Å². The fourth-order valence-electron chi connectivity index (χ4n) is 1.11. The average molecular weight is 337 g/mol. The van der Waals surface area contributed by atoms with E-state index in [4.69, 9.17) is 21.4 Å². The molecule has 0 saturated heterocycles. The number of ether oxygens (including phenoxy) is 1. The minimum Gasteiger partial charge on any atom is -0.492 e. The molecule has 7 heteroatoms. The van der Waals surface area contributed by atoms with Crippen molar-refractivity contribution < 1.29 is 19.4 Å². The zero-order valence-corrected chi connectivity index (χ0v) is 11.6. The van der Waals surface area contributed by atoms with Gasteiger partial charge in [0.25, 0.3) is 0 Å². The number of carboxylic acid groups (broad SMARTS) is 1. The van der Waals surface area contributed by atoms with Crippen LogP contribution in [0.25, 0.3) is 0 Å². The number of benzene rings is 1. The van der Waals surface area contributed by atoms with Crippen molar-refractivity contribution >= 4 is 39.4 Å². The largest absolute Gasteiger partial charge is 0.492 e. The van der Waals surface area contributed by atoms with E-state index < -0.39 is 5.97 Å². The third-order valence-corrected chi connectivity index (χ3v) is 2.77. The SMILES string of the molecule is O=C(O)CNC(=O)CCOc1ccc(Cl)cc1Br. The molecule has 0 bridgehead atoms. The number of nitrogens with one attached hydrogen (secondary N) is 1. The van der Waals surface area contributed by atoms with Crippen molar-refractivity contribution in [3.05, 3.63) is 27.7 Å². The van der Waals surface area contributed by atoms with Gasteiger partial charge >= 0.3 is 5.97 Å². The Hall–Kier alpha value is -1.27. The Bertz CT molecular complexity index is 453. The second kappa shape index (κ2) is 7.23. The molecular weight excluding hydrogens is 325 g/mol. The zero-order valence-electron chi connectivity index (χ0n) is 9.28. The number of hydrogen-bond donors (Lipinski definition) is 2. The smallest absolute Gasteiger partial charge is 0.322 e. The number of hydrogen-bond acceptors (Lipinski definition) is 3. The lowest BCUT2D eigenvalue weighted by Gasteiger charge is -2.08. The molecule has 0 aliphatic carbocycles. The molecule has 1 aromatic rings. The first-order valence-corrected chi connectivity index (χ1v) is 6.22. The summed E-state index contributed by atoms with van der Waals surface area (Å²) in [6, 6.07) is 5.04. The molecule has 0 aliphatic heterocycles. The van der Waals surface area contributed by atoms with Crippen LogP contribution in [0.15, 0.2) is 22.7 Å². The Kier molecular flexibility index (Phi) is 5.94. The van der Waals surface area contributed by atoms with Crippen molar-refractivity contribution in [1.29, 1.82) is 0 Å². The van der Waals surface area contributed by atoms with Crippen LogP contribution in [0.3, 0.4) is 0 Å². The van der Waals surface area contributed by atoms with Crippen molar-refractivity contribution in [3.63, 3.8) is 0 Å². The summed E-state index contributed by atoms with van der Waals surface area (Å²) in [4.78, 5) is 21.4. The standard InChI is InChI=1S/C11H11BrClNO4/c12-8-5-7(13)1-2-9(8)18-4-3-10(15)14-6-11(16)17/h1-2,5H,3-4,6H2,(H,14,15)(H,16,17). The van der Waals surface area contributed by atoms with Gasteiger partial charge in [0, 0.05) is 5.02 Å². The highest BCUT2D eigenvalue weighted by Crippen LogP contribution is 2.27. The minimum absolute atomic E-state index is 0.0857. The van der Waals surface area contributed by atoms with Crippen LogP contribution in [0.4, 0.5) is 0 Å². The van der Waals surface area contributed by atoms with Crippen LogP contribution >= 0.6 is 27.5 Å². The molecule has 0 aromatic heterocycles. The van der Waals surface area contributed by atoms with Gasteiger partial charge in [0.05, 0.1) is 17.5 Å². The van der Waals surface area contributed by atoms with E-state index in [1.54, 1.807) is 18.2 Å². The highest BCUT2D eigenvalue weighted by molar-refractivity contribution is 9.10. The molecule has 0 fully saturated rings. The number of aliphatic carboxylic acids is 1. The van der Waals surface area contributed by atoms with Crippen LogP contribution in [0.1, 0.15) is 6.42 Å². The number of carbonyl (C=O) groups is 2. The highest BCUT2D eigenvalue weighted by atomic mass is 79.9. The van der Waals surface area contributed by atoms with Crippen LogP contribution in [0.5, 0.6) is 5.75 Å². The Morgan fingerprint density at radius 3 is 2.78 bits per heavy atom. The first-order valence-electron chi connectivity index (χ1n) is 5.05. The van der Waals surface area contributed by atoms with Crippen LogP contribution < -0.4 is 10.1 Å². The van der Waals surface area contributed by atoms with Crippen molar-refractivity contribution in [2.75, 3.05) is 13.2 Å². The van der Waals surface area contributed by atoms with E-state index in [0.29, 0.717) is 15.2 Å². The van der Waals surface area contributed by atoms with E-state index in [9.17, 15) is 9.59 Å². The molecule has 0 aliphatic rings. The topological polar surface area (TPSA) is 75.6 Å². The van der Waals surface area contributed by atoms with Crippen LogP contribution in [-0.4, -0.2) is 30.1 Å². The van der Waals surface area contributed by atoms with Gasteiger partial charge in [-0.3, -0.25) is 9.59 Å². The maximum absolute atomic E-state index is 11.2. The first-order chi connectivity index (χ1) is 8.49.